The van der Waals surface area contributed by atoms with Crippen LogP contribution in [0.1, 0.15) is 36.6 Å². The number of nitrogens with one attached hydrogen (secondary N) is 1. The molecule has 0 aliphatic carbocycles. The largest absolute Gasteiger partial charge is 0.481 e. The number of aromatic nitrogens is 1. The highest BCUT2D eigenvalue weighted by atomic mass is 32.1. The van der Waals surface area contributed by atoms with E-state index in [0.717, 1.165) is 28.1 Å². The Morgan fingerprint density at radius 2 is 1.93 bits per heavy atom. The number of aliphatic carboxylic acids is 2. The lowest BCUT2D eigenvalue weighted by atomic mass is 9.98. The lowest BCUT2D eigenvalue weighted by Crippen LogP contribution is -2.50. The van der Waals surface area contributed by atoms with Gasteiger partial charge in [0, 0.05) is 25.4 Å². The summed E-state index contributed by atoms with van der Waals surface area (Å²) >= 11 is 1.67. The number of piperidine rings is 1. The van der Waals surface area contributed by atoms with Crippen LogP contribution in [0.25, 0.3) is 10.2 Å². The number of rotatable bonds is 6. The van der Waals surface area contributed by atoms with Gasteiger partial charge in [-0.05, 0) is 31.4 Å². The molecule has 9 heteroatoms. The number of urea groups is 1. The summed E-state index contributed by atoms with van der Waals surface area (Å²) in [5.74, 6) is -2.03. The van der Waals surface area contributed by atoms with Crippen molar-refractivity contribution in [1.29, 1.82) is 0 Å². The molecule has 1 aliphatic rings. The Morgan fingerprint density at radius 3 is 2.56 bits per heavy atom. The molecule has 1 aromatic heterocycles. The van der Waals surface area contributed by atoms with E-state index in [-0.39, 0.29) is 18.8 Å². The molecule has 8 nitrogen and oxygen atoms in total. The van der Waals surface area contributed by atoms with Crippen LogP contribution in [-0.4, -0.2) is 57.2 Å². The van der Waals surface area contributed by atoms with Crippen LogP contribution in [0.3, 0.4) is 0 Å². The summed E-state index contributed by atoms with van der Waals surface area (Å²) < 4.78 is 1.15. The van der Waals surface area contributed by atoms with Crippen LogP contribution >= 0.6 is 11.3 Å². The van der Waals surface area contributed by atoms with Crippen molar-refractivity contribution in [1.82, 2.24) is 15.2 Å². The second-order valence-corrected chi connectivity index (χ2v) is 7.62. The number of carbonyl (C=O) groups excluding carboxylic acids is 1. The molecule has 27 heavy (non-hydrogen) atoms. The van der Waals surface area contributed by atoms with Crippen molar-refractivity contribution in [2.45, 2.75) is 37.6 Å². The van der Waals surface area contributed by atoms with E-state index >= 15 is 0 Å². The molecular formula is C18H21N3O5S. The number of thiazole rings is 1. The first kappa shape index (κ1) is 19.1. The fourth-order valence-electron chi connectivity index (χ4n) is 3.16. The molecule has 0 bridgehead atoms. The zero-order chi connectivity index (χ0) is 19.4. The highest BCUT2D eigenvalue weighted by Crippen LogP contribution is 2.33. The molecule has 3 rings (SSSR count). The minimum Gasteiger partial charge on any atom is -0.481 e. The number of nitrogens with zero attached hydrogens (tertiary/aromatic N) is 2. The lowest BCUT2D eigenvalue weighted by molar-refractivity contribution is -0.140. The van der Waals surface area contributed by atoms with Crippen molar-refractivity contribution in [2.24, 2.45) is 0 Å². The molecule has 1 fully saturated rings. The van der Waals surface area contributed by atoms with Crippen LogP contribution in [0.4, 0.5) is 4.79 Å². The lowest BCUT2D eigenvalue weighted by Gasteiger charge is -2.32. The number of carbonyl (C=O) groups is 3. The standard InChI is InChI=1S/C18H21N3O5S/c22-15(23)6-5-13(17(24)25)20-18(26)21-9-7-11(8-10-21)16-19-12-3-1-2-4-14(12)27-16/h1-4,11,13H,5-10H2,(H,20,26)(H,22,23)(H,24,25). The highest BCUT2D eigenvalue weighted by Gasteiger charge is 2.28. The number of para-hydroxylation sites is 1. The monoisotopic (exact) mass is 391 g/mol. The van der Waals surface area contributed by atoms with Gasteiger partial charge in [0.2, 0.25) is 0 Å². The van der Waals surface area contributed by atoms with Gasteiger partial charge in [-0.2, -0.15) is 0 Å². The van der Waals surface area contributed by atoms with E-state index in [9.17, 15) is 14.4 Å². The summed E-state index contributed by atoms with van der Waals surface area (Å²) in [6.07, 6.45) is 1.08. The molecule has 0 spiro atoms. The van der Waals surface area contributed by atoms with Crippen LogP contribution in [-0.2, 0) is 9.59 Å². The quantitative estimate of drug-likeness (QED) is 0.696. The topological polar surface area (TPSA) is 120 Å². The Hall–Kier alpha value is -2.68. The van der Waals surface area contributed by atoms with Gasteiger partial charge < -0.3 is 20.4 Å². The average Bonchev–Trinajstić information content (AvgIpc) is 3.09. The van der Waals surface area contributed by atoms with E-state index in [1.165, 1.54) is 0 Å². The number of carboxylic acids is 2. The summed E-state index contributed by atoms with van der Waals surface area (Å²) in [6.45, 7) is 1.02. The van der Waals surface area contributed by atoms with Gasteiger partial charge in [-0.1, -0.05) is 12.1 Å². The van der Waals surface area contributed by atoms with Crippen LogP contribution in [0.5, 0.6) is 0 Å². The third-order valence-corrected chi connectivity index (χ3v) is 5.88. The number of hydrogen-bond acceptors (Lipinski definition) is 5. The number of hydrogen-bond donors (Lipinski definition) is 3. The van der Waals surface area contributed by atoms with Crippen molar-refractivity contribution in [3.05, 3.63) is 29.3 Å². The number of amides is 2. The summed E-state index contributed by atoms with van der Waals surface area (Å²) in [6, 6.07) is 6.32. The fraction of sp³-hybridized carbons (Fsp3) is 0.444. The molecule has 2 aromatic rings. The van der Waals surface area contributed by atoms with E-state index in [1.807, 2.05) is 24.3 Å². The van der Waals surface area contributed by atoms with Gasteiger partial charge in [0.05, 0.1) is 15.2 Å². The number of carboxylic acid groups (broad SMARTS) is 2. The third kappa shape index (κ3) is 4.73. The number of benzene rings is 1. The first-order valence-corrected chi connectivity index (χ1v) is 9.61. The second kappa shape index (κ2) is 8.34. The van der Waals surface area contributed by atoms with Crippen molar-refractivity contribution in [3.63, 3.8) is 0 Å². The van der Waals surface area contributed by atoms with Gasteiger partial charge in [-0.3, -0.25) is 4.79 Å². The molecule has 1 unspecified atom stereocenters. The molecule has 1 aromatic carbocycles. The zero-order valence-corrected chi connectivity index (χ0v) is 15.4. The minimum atomic E-state index is -1.23. The average molecular weight is 391 g/mol. The smallest absolute Gasteiger partial charge is 0.326 e. The Balaban J connectivity index is 1.55. The molecule has 3 N–H and O–H groups in total. The van der Waals surface area contributed by atoms with Gasteiger partial charge >= 0.3 is 18.0 Å². The molecule has 144 valence electrons. The van der Waals surface area contributed by atoms with E-state index < -0.39 is 24.0 Å². The predicted molar refractivity (Wildman–Crippen MR) is 100.0 cm³/mol. The summed E-state index contributed by atoms with van der Waals surface area (Å²) in [5.41, 5.74) is 0.986. The maximum absolute atomic E-state index is 12.3. The molecule has 0 saturated carbocycles. The van der Waals surface area contributed by atoms with Crippen molar-refractivity contribution in [3.8, 4) is 0 Å². The molecule has 1 saturated heterocycles. The Morgan fingerprint density at radius 1 is 1.22 bits per heavy atom. The Bertz CT molecular complexity index is 811. The summed E-state index contributed by atoms with van der Waals surface area (Å²) in [7, 11) is 0. The summed E-state index contributed by atoms with van der Waals surface area (Å²) in [5, 5.41) is 21.4. The molecule has 2 amide bonds. The highest BCUT2D eigenvalue weighted by molar-refractivity contribution is 7.18. The second-order valence-electron chi connectivity index (χ2n) is 6.55. The van der Waals surface area contributed by atoms with Gasteiger partial charge in [0.1, 0.15) is 6.04 Å². The maximum Gasteiger partial charge on any atom is 0.326 e. The predicted octanol–water partition coefficient (Wildman–Crippen LogP) is 2.50. The van der Waals surface area contributed by atoms with E-state index in [0.29, 0.717) is 13.1 Å². The molecule has 2 heterocycles. The number of likely N-dealkylation sites (tertiary alicyclic amines) is 1. The Kier molecular flexibility index (Phi) is 5.90. The normalized spacial score (nSPS) is 16.2. The zero-order valence-electron chi connectivity index (χ0n) is 14.6. The van der Waals surface area contributed by atoms with E-state index in [1.54, 1.807) is 16.2 Å². The Labute approximate surface area is 159 Å². The van der Waals surface area contributed by atoms with Crippen LogP contribution in [0.15, 0.2) is 24.3 Å². The minimum absolute atomic E-state index is 0.140. The van der Waals surface area contributed by atoms with E-state index in [4.69, 9.17) is 10.2 Å². The van der Waals surface area contributed by atoms with Crippen LogP contribution < -0.4 is 5.32 Å². The molecular weight excluding hydrogens is 370 g/mol. The molecule has 1 aliphatic heterocycles. The van der Waals surface area contributed by atoms with Crippen LogP contribution in [0.2, 0.25) is 0 Å². The van der Waals surface area contributed by atoms with E-state index in [2.05, 4.69) is 10.3 Å². The van der Waals surface area contributed by atoms with Crippen molar-refractivity contribution < 1.29 is 24.6 Å². The van der Waals surface area contributed by atoms with Gasteiger partial charge in [-0.15, -0.1) is 11.3 Å². The van der Waals surface area contributed by atoms with Gasteiger partial charge in [-0.25, -0.2) is 14.6 Å². The molecule has 1 atom stereocenters. The van der Waals surface area contributed by atoms with Gasteiger partial charge in [0.25, 0.3) is 0 Å². The first-order chi connectivity index (χ1) is 12.9. The SMILES string of the molecule is O=C(O)CCC(NC(=O)N1CCC(c2nc3ccccc3s2)CC1)C(=O)O. The molecule has 0 radical (unpaired) electrons. The first-order valence-electron chi connectivity index (χ1n) is 8.79. The maximum atomic E-state index is 12.3. The third-order valence-electron chi connectivity index (χ3n) is 4.68. The van der Waals surface area contributed by atoms with Gasteiger partial charge in [0.15, 0.2) is 0 Å². The van der Waals surface area contributed by atoms with Crippen molar-refractivity contribution >= 4 is 39.5 Å². The number of fused-ring (bicyclic) bond motifs is 1. The van der Waals surface area contributed by atoms with Crippen LogP contribution in [0, 0.1) is 0 Å². The summed E-state index contributed by atoms with van der Waals surface area (Å²) in [4.78, 5) is 40.4. The fourth-order valence-corrected chi connectivity index (χ4v) is 4.30. The van der Waals surface area contributed by atoms with Crippen molar-refractivity contribution in [2.75, 3.05) is 13.1 Å².